The van der Waals surface area contributed by atoms with Gasteiger partial charge in [0.25, 0.3) is 11.9 Å². The zero-order chi connectivity index (χ0) is 19.6. The fourth-order valence-electron chi connectivity index (χ4n) is 2.21. The summed E-state index contributed by atoms with van der Waals surface area (Å²) >= 11 is 5.61. The molecule has 0 fully saturated rings. The first-order valence-corrected chi connectivity index (χ1v) is 7.86. The van der Waals surface area contributed by atoms with Gasteiger partial charge in [-0.2, -0.15) is 36.4 Å². The molecule has 3 rings (SSSR count). The van der Waals surface area contributed by atoms with Crippen LogP contribution in [0.1, 0.15) is 34.8 Å². The van der Waals surface area contributed by atoms with Crippen LogP contribution in [0, 0.1) is 0 Å². The van der Waals surface area contributed by atoms with Gasteiger partial charge in [0.15, 0.2) is 5.82 Å². The van der Waals surface area contributed by atoms with E-state index >= 15 is 0 Å². The van der Waals surface area contributed by atoms with Gasteiger partial charge in [-0.3, -0.25) is 4.79 Å². The number of pyridine rings is 1. The maximum Gasteiger partial charge on any atom is 0.416 e. The highest BCUT2D eigenvalue weighted by Gasteiger charge is 2.32. The van der Waals surface area contributed by atoms with E-state index in [1.54, 1.807) is 13.0 Å². The molecular formula is C15H13ClF3N7OS. The van der Waals surface area contributed by atoms with Crippen LogP contribution in [0.5, 0.6) is 0 Å². The SMILES string of the molecule is C[C@H](NC(=O)c1cc(C(F)(F)F)cc(Cl)n1)c1ncnn1-c1ncccn1.S. The van der Waals surface area contributed by atoms with Gasteiger partial charge in [0.2, 0.25) is 0 Å². The van der Waals surface area contributed by atoms with E-state index in [0.29, 0.717) is 12.1 Å². The van der Waals surface area contributed by atoms with E-state index in [4.69, 9.17) is 11.6 Å². The molecule has 0 radical (unpaired) electrons. The van der Waals surface area contributed by atoms with E-state index in [0.717, 1.165) is 0 Å². The lowest BCUT2D eigenvalue weighted by molar-refractivity contribution is -0.137. The standard InChI is InChI=1S/C15H11ClF3N7O.H2S/c1-8(12-22-7-23-26(12)14-20-3-2-4-21-14)24-13(27)10-5-9(15(17,18)19)6-11(16)25-10;/h2-8H,1H3,(H,24,27);1H2/t8-;/m0./s1. The second-order valence-electron chi connectivity index (χ2n) is 5.34. The lowest BCUT2D eigenvalue weighted by atomic mass is 10.2. The summed E-state index contributed by atoms with van der Waals surface area (Å²) in [5, 5.41) is 6.06. The maximum absolute atomic E-state index is 12.9. The first-order chi connectivity index (χ1) is 12.8. The predicted octanol–water partition coefficient (Wildman–Crippen LogP) is 2.73. The van der Waals surface area contributed by atoms with E-state index in [-0.39, 0.29) is 25.3 Å². The fourth-order valence-corrected chi connectivity index (χ4v) is 2.42. The second-order valence-corrected chi connectivity index (χ2v) is 5.72. The molecule has 8 nitrogen and oxygen atoms in total. The highest BCUT2D eigenvalue weighted by molar-refractivity contribution is 7.59. The number of amides is 1. The maximum atomic E-state index is 12.9. The van der Waals surface area contributed by atoms with Crippen molar-refractivity contribution in [3.8, 4) is 5.95 Å². The van der Waals surface area contributed by atoms with Crippen molar-refractivity contribution in [2.45, 2.75) is 19.1 Å². The van der Waals surface area contributed by atoms with Crippen molar-refractivity contribution < 1.29 is 18.0 Å². The van der Waals surface area contributed by atoms with Crippen molar-refractivity contribution in [1.29, 1.82) is 0 Å². The molecule has 0 bridgehead atoms. The van der Waals surface area contributed by atoms with Gasteiger partial charge < -0.3 is 5.32 Å². The van der Waals surface area contributed by atoms with Crippen LogP contribution < -0.4 is 5.32 Å². The summed E-state index contributed by atoms with van der Waals surface area (Å²) in [6, 6.07) is 2.16. The number of rotatable bonds is 4. The number of carbonyl (C=O) groups excluding carboxylic acids is 1. The lowest BCUT2D eigenvalue weighted by Gasteiger charge is -2.14. The van der Waals surface area contributed by atoms with Crippen molar-refractivity contribution in [2.75, 3.05) is 0 Å². The highest BCUT2D eigenvalue weighted by atomic mass is 35.5. The third-order valence-electron chi connectivity index (χ3n) is 3.40. The van der Waals surface area contributed by atoms with Crippen LogP contribution in [0.3, 0.4) is 0 Å². The van der Waals surface area contributed by atoms with Gasteiger partial charge in [0.1, 0.15) is 17.2 Å². The molecule has 0 unspecified atom stereocenters. The summed E-state index contributed by atoms with van der Waals surface area (Å²) in [6.45, 7) is 1.58. The molecular weight excluding hydrogens is 419 g/mol. The van der Waals surface area contributed by atoms with E-state index < -0.39 is 34.5 Å². The smallest absolute Gasteiger partial charge is 0.341 e. The Kier molecular flexibility index (Phi) is 6.56. The molecule has 3 aromatic heterocycles. The molecule has 0 spiro atoms. The van der Waals surface area contributed by atoms with Crippen LogP contribution in [0.15, 0.2) is 36.9 Å². The molecule has 148 valence electrons. The summed E-state index contributed by atoms with van der Waals surface area (Å²) in [5.74, 6) is -0.335. The number of carbonyl (C=O) groups is 1. The van der Waals surface area contributed by atoms with Crippen LogP contribution in [0.2, 0.25) is 5.15 Å². The second kappa shape index (κ2) is 8.52. The average molecular weight is 432 g/mol. The minimum absolute atomic E-state index is 0. The Labute approximate surface area is 168 Å². The van der Waals surface area contributed by atoms with E-state index in [1.165, 1.54) is 23.4 Å². The zero-order valence-corrected chi connectivity index (χ0v) is 15.9. The molecule has 3 heterocycles. The molecule has 0 saturated carbocycles. The van der Waals surface area contributed by atoms with E-state index in [1.807, 2.05) is 0 Å². The molecule has 3 aromatic rings. The van der Waals surface area contributed by atoms with E-state index in [9.17, 15) is 18.0 Å². The van der Waals surface area contributed by atoms with Gasteiger partial charge in [0.05, 0.1) is 11.6 Å². The molecule has 0 aliphatic rings. The Hall–Kier alpha value is -2.73. The summed E-state index contributed by atoms with van der Waals surface area (Å²) in [5.41, 5.74) is -1.54. The van der Waals surface area contributed by atoms with Crippen molar-refractivity contribution in [1.82, 2.24) is 35.0 Å². The van der Waals surface area contributed by atoms with E-state index in [2.05, 4.69) is 30.4 Å². The normalized spacial score (nSPS) is 12.2. The quantitative estimate of drug-likeness (QED) is 0.638. The summed E-state index contributed by atoms with van der Waals surface area (Å²) in [6.07, 6.45) is -0.400. The van der Waals surface area contributed by atoms with Crippen molar-refractivity contribution >= 4 is 31.0 Å². The first-order valence-electron chi connectivity index (χ1n) is 7.48. The first kappa shape index (κ1) is 21.6. The topological polar surface area (TPSA) is 98.5 Å². The Morgan fingerprint density at radius 3 is 2.54 bits per heavy atom. The Balaban J connectivity index is 0.00000280. The molecule has 28 heavy (non-hydrogen) atoms. The van der Waals surface area contributed by atoms with Gasteiger partial charge in [0, 0.05) is 12.4 Å². The molecule has 0 aliphatic heterocycles. The number of alkyl halides is 3. The van der Waals surface area contributed by atoms with Gasteiger partial charge in [-0.1, -0.05) is 11.6 Å². The molecule has 0 aliphatic carbocycles. The monoisotopic (exact) mass is 431 g/mol. The van der Waals surface area contributed by atoms with Crippen LogP contribution in [-0.2, 0) is 6.18 Å². The zero-order valence-electron chi connectivity index (χ0n) is 14.1. The molecule has 1 atom stereocenters. The summed E-state index contributed by atoms with van der Waals surface area (Å²) in [4.78, 5) is 28.1. The Bertz CT molecular complexity index is 968. The van der Waals surface area contributed by atoms with Crippen molar-refractivity contribution in [3.63, 3.8) is 0 Å². The van der Waals surface area contributed by atoms with Gasteiger partial charge in [-0.25, -0.2) is 19.9 Å². The van der Waals surface area contributed by atoms with Gasteiger partial charge >= 0.3 is 6.18 Å². The third-order valence-corrected chi connectivity index (χ3v) is 3.60. The number of hydrogen-bond donors (Lipinski definition) is 1. The number of nitrogens with zero attached hydrogens (tertiary/aromatic N) is 6. The molecule has 1 N–H and O–H groups in total. The van der Waals surface area contributed by atoms with Crippen molar-refractivity contribution in [2.24, 2.45) is 0 Å². The Morgan fingerprint density at radius 2 is 1.89 bits per heavy atom. The molecule has 0 saturated heterocycles. The molecule has 0 aromatic carbocycles. The number of aromatic nitrogens is 6. The summed E-state index contributed by atoms with van der Waals surface area (Å²) in [7, 11) is 0. The van der Waals surface area contributed by atoms with Crippen molar-refractivity contribution in [3.05, 3.63) is 59.2 Å². The minimum Gasteiger partial charge on any atom is -0.341 e. The van der Waals surface area contributed by atoms with Gasteiger partial charge in [-0.05, 0) is 25.1 Å². The van der Waals surface area contributed by atoms with Crippen LogP contribution >= 0.6 is 25.1 Å². The number of nitrogens with one attached hydrogen (secondary N) is 1. The summed E-state index contributed by atoms with van der Waals surface area (Å²) < 4.78 is 40.0. The number of halogens is 4. The largest absolute Gasteiger partial charge is 0.416 e. The lowest BCUT2D eigenvalue weighted by Crippen LogP contribution is -2.30. The van der Waals surface area contributed by atoms with Gasteiger partial charge in [-0.15, -0.1) is 0 Å². The Morgan fingerprint density at radius 1 is 1.21 bits per heavy atom. The van der Waals surface area contributed by atoms with Crippen LogP contribution in [-0.4, -0.2) is 35.6 Å². The average Bonchev–Trinajstić information content (AvgIpc) is 3.11. The minimum atomic E-state index is -4.65. The number of hydrogen-bond acceptors (Lipinski definition) is 6. The fraction of sp³-hybridized carbons (Fsp3) is 0.200. The highest BCUT2D eigenvalue weighted by Crippen LogP contribution is 2.31. The third kappa shape index (κ3) is 4.75. The molecule has 1 amide bonds. The van der Waals surface area contributed by atoms with Crippen LogP contribution in [0.25, 0.3) is 5.95 Å². The predicted molar refractivity (Wildman–Crippen MR) is 97.5 cm³/mol. The molecule has 13 heteroatoms. The van der Waals surface area contributed by atoms with Crippen LogP contribution in [0.4, 0.5) is 13.2 Å².